The molecule has 0 saturated carbocycles. The predicted molar refractivity (Wildman–Crippen MR) is 118 cm³/mol. The van der Waals surface area contributed by atoms with Crippen molar-refractivity contribution in [2.45, 2.75) is 59.6 Å². The quantitative estimate of drug-likeness (QED) is 0.295. The minimum Gasteiger partial charge on any atom is -0.339 e. The van der Waals surface area contributed by atoms with Gasteiger partial charge in [0.05, 0.1) is 6.61 Å². The minimum atomic E-state index is -0.830. The van der Waals surface area contributed by atoms with Gasteiger partial charge in [-0.05, 0) is 57.4 Å². The van der Waals surface area contributed by atoms with Gasteiger partial charge in [-0.2, -0.15) is 0 Å². The molecule has 0 aliphatic heterocycles. The van der Waals surface area contributed by atoms with Crippen molar-refractivity contribution in [3.05, 3.63) is 41.1 Å². The van der Waals surface area contributed by atoms with Gasteiger partial charge in [0.25, 0.3) is 5.91 Å². The van der Waals surface area contributed by atoms with Crippen molar-refractivity contribution in [2.24, 2.45) is 0 Å². The second-order valence-electron chi connectivity index (χ2n) is 7.35. The van der Waals surface area contributed by atoms with Crippen molar-refractivity contribution in [3.8, 4) is 0 Å². The highest BCUT2D eigenvalue weighted by molar-refractivity contribution is 6.02. The van der Waals surface area contributed by atoms with Crippen LogP contribution in [0.15, 0.2) is 35.5 Å². The largest absolute Gasteiger partial charge is 0.339 e. The molecule has 0 fully saturated rings. The second-order valence-corrected chi connectivity index (χ2v) is 7.35. The first-order valence-electron chi connectivity index (χ1n) is 10.1. The summed E-state index contributed by atoms with van der Waals surface area (Å²) in [7, 11) is 1.67. The van der Waals surface area contributed by atoms with Gasteiger partial charge in [0, 0.05) is 25.6 Å². The number of nitrogens with one attached hydrogen (secondary N) is 4. The van der Waals surface area contributed by atoms with Gasteiger partial charge in [-0.3, -0.25) is 19.2 Å². The number of Topliss-reactive ketones (excluding diaryl/α,β-unsaturated/α-hetero) is 1. The first-order chi connectivity index (χ1) is 14.6. The Morgan fingerprint density at radius 1 is 1.00 bits per heavy atom. The van der Waals surface area contributed by atoms with E-state index in [0.29, 0.717) is 30.7 Å². The fourth-order valence-electron chi connectivity index (χ4n) is 2.53. The molecule has 0 aliphatic rings. The highest BCUT2D eigenvalue weighted by Crippen LogP contribution is 2.11. The molecule has 0 aliphatic carbocycles. The number of benzene rings is 1. The maximum Gasteiger partial charge on any atom is 0.268 e. The normalized spacial score (nSPS) is 11.3. The fourth-order valence-corrected chi connectivity index (χ4v) is 2.53. The summed E-state index contributed by atoms with van der Waals surface area (Å²) in [5.74, 6) is -1.29. The number of hydrogen-bond acceptors (Lipinski definition) is 6. The molecule has 9 nitrogen and oxygen atoms in total. The number of carbonyl (C=O) groups excluding carboxylic acids is 4. The van der Waals surface area contributed by atoms with Crippen molar-refractivity contribution in [1.82, 2.24) is 16.1 Å². The topological polar surface area (TPSA) is 126 Å². The summed E-state index contributed by atoms with van der Waals surface area (Å²) in [5, 5.41) is 7.90. The smallest absolute Gasteiger partial charge is 0.268 e. The summed E-state index contributed by atoms with van der Waals surface area (Å²) in [5.41, 5.74) is 4.80. The number of hydrogen-bond donors (Lipinski definition) is 4. The van der Waals surface area contributed by atoms with E-state index in [0.717, 1.165) is 5.56 Å². The van der Waals surface area contributed by atoms with Gasteiger partial charge < -0.3 is 20.7 Å². The second kappa shape index (κ2) is 13.3. The number of amides is 3. The lowest BCUT2D eigenvalue weighted by molar-refractivity contribution is -0.126. The van der Waals surface area contributed by atoms with Crippen LogP contribution in [-0.4, -0.2) is 36.6 Å². The molecule has 0 heterocycles. The predicted octanol–water partition coefficient (Wildman–Crippen LogP) is 1.95. The Bertz CT molecular complexity index is 814. The lowest BCUT2D eigenvalue weighted by atomic mass is 10.1. The zero-order valence-electron chi connectivity index (χ0n) is 18.8. The lowest BCUT2D eigenvalue weighted by Gasteiger charge is -2.17. The molecule has 0 bridgehead atoms. The van der Waals surface area contributed by atoms with Crippen LogP contribution >= 0.6 is 0 Å². The van der Waals surface area contributed by atoms with Gasteiger partial charge in [0.15, 0.2) is 0 Å². The van der Waals surface area contributed by atoms with E-state index >= 15 is 0 Å². The Hall–Kier alpha value is -3.04. The monoisotopic (exact) mass is 432 g/mol. The summed E-state index contributed by atoms with van der Waals surface area (Å²) in [6.45, 7) is 6.79. The minimum absolute atomic E-state index is 0.00811. The molecule has 1 atom stereocenters. The van der Waals surface area contributed by atoms with Crippen molar-refractivity contribution < 1.29 is 24.0 Å². The Morgan fingerprint density at radius 2 is 1.65 bits per heavy atom. The third-order valence-corrected chi connectivity index (χ3v) is 4.27. The average Bonchev–Trinajstić information content (AvgIpc) is 2.70. The maximum absolute atomic E-state index is 12.6. The van der Waals surface area contributed by atoms with E-state index in [1.807, 2.05) is 12.1 Å². The Morgan fingerprint density at radius 3 is 2.19 bits per heavy atom. The summed E-state index contributed by atoms with van der Waals surface area (Å²) < 4.78 is 0. The summed E-state index contributed by atoms with van der Waals surface area (Å²) in [4.78, 5) is 53.2. The molecule has 9 heteroatoms. The first-order valence-corrected chi connectivity index (χ1v) is 10.1. The average molecular weight is 433 g/mol. The van der Waals surface area contributed by atoms with Gasteiger partial charge in [-0.1, -0.05) is 12.1 Å². The van der Waals surface area contributed by atoms with Crippen LogP contribution in [0.2, 0.25) is 0 Å². The van der Waals surface area contributed by atoms with E-state index < -0.39 is 17.9 Å². The Balaban J connectivity index is 2.62. The Kier molecular flexibility index (Phi) is 11.2. The highest BCUT2D eigenvalue weighted by atomic mass is 16.6. The van der Waals surface area contributed by atoms with Gasteiger partial charge in [0.1, 0.15) is 17.5 Å². The van der Waals surface area contributed by atoms with E-state index in [-0.39, 0.29) is 23.8 Å². The zero-order valence-corrected chi connectivity index (χ0v) is 18.8. The molecule has 3 amide bonds. The van der Waals surface area contributed by atoms with Gasteiger partial charge in [-0.25, -0.2) is 5.48 Å². The molecule has 0 radical (unpaired) electrons. The van der Waals surface area contributed by atoms with Crippen LogP contribution in [0.4, 0.5) is 5.69 Å². The molecule has 0 saturated heterocycles. The van der Waals surface area contributed by atoms with Crippen LogP contribution < -0.4 is 21.4 Å². The molecule has 1 aromatic carbocycles. The molecular formula is C22H32N4O5. The molecule has 0 spiro atoms. The van der Waals surface area contributed by atoms with Crippen LogP contribution in [0.5, 0.6) is 0 Å². The standard InChI is InChI=1S/C22H32N4O5/c1-14(2)20(26-19(28)8-6-7-15(3)27)22(30)24-16(4)21(29)25-18-11-9-17(10-12-18)13-31-23-5/h9-12,16,23H,6-8,13H2,1-5H3,(H,24,30)(H,25,29)(H,26,28)/t16-/m1/s1. The van der Waals surface area contributed by atoms with Crippen LogP contribution in [0.1, 0.15) is 52.5 Å². The summed E-state index contributed by atoms with van der Waals surface area (Å²) >= 11 is 0. The van der Waals surface area contributed by atoms with Crippen molar-refractivity contribution in [3.63, 3.8) is 0 Å². The zero-order chi connectivity index (χ0) is 23.4. The number of rotatable bonds is 12. The van der Waals surface area contributed by atoms with Crippen LogP contribution in [0, 0.1) is 0 Å². The molecule has 0 aromatic heterocycles. The maximum atomic E-state index is 12.6. The molecule has 1 rings (SSSR count). The first kappa shape index (κ1) is 26.0. The molecule has 0 unspecified atom stereocenters. The van der Waals surface area contributed by atoms with E-state index in [9.17, 15) is 19.2 Å². The third kappa shape index (κ3) is 10.0. The van der Waals surface area contributed by atoms with Crippen molar-refractivity contribution in [1.29, 1.82) is 0 Å². The van der Waals surface area contributed by atoms with Crippen molar-refractivity contribution >= 4 is 29.2 Å². The fraction of sp³-hybridized carbons (Fsp3) is 0.455. The van der Waals surface area contributed by atoms with Crippen LogP contribution in [-0.2, 0) is 30.6 Å². The lowest BCUT2D eigenvalue weighted by Crippen LogP contribution is -2.45. The van der Waals surface area contributed by atoms with Gasteiger partial charge >= 0.3 is 0 Å². The van der Waals surface area contributed by atoms with E-state index in [1.54, 1.807) is 40.0 Å². The van der Waals surface area contributed by atoms with E-state index in [1.165, 1.54) is 6.92 Å². The van der Waals surface area contributed by atoms with E-state index in [2.05, 4.69) is 21.4 Å². The molecule has 170 valence electrons. The number of anilines is 1. The molecular weight excluding hydrogens is 400 g/mol. The SMILES string of the molecule is CNOCc1ccc(NC(=O)[C@@H](C)NC(=O)C(NC(=O)CCCC(C)=O)=C(C)C)cc1. The van der Waals surface area contributed by atoms with Gasteiger partial charge in [0.2, 0.25) is 11.8 Å². The van der Waals surface area contributed by atoms with Gasteiger partial charge in [-0.15, -0.1) is 0 Å². The summed E-state index contributed by atoms with van der Waals surface area (Å²) in [6, 6.07) is 6.29. The molecule has 31 heavy (non-hydrogen) atoms. The molecule has 4 N–H and O–H groups in total. The number of ketones is 1. The van der Waals surface area contributed by atoms with Crippen LogP contribution in [0.3, 0.4) is 0 Å². The number of hydroxylamine groups is 1. The number of allylic oxidation sites excluding steroid dienone is 1. The molecule has 1 aromatic rings. The number of carbonyl (C=O) groups is 4. The van der Waals surface area contributed by atoms with Crippen LogP contribution in [0.25, 0.3) is 0 Å². The highest BCUT2D eigenvalue weighted by Gasteiger charge is 2.20. The summed E-state index contributed by atoms with van der Waals surface area (Å²) in [6.07, 6.45) is 0.858. The van der Waals surface area contributed by atoms with Crippen molar-refractivity contribution in [2.75, 3.05) is 12.4 Å². The van der Waals surface area contributed by atoms with E-state index in [4.69, 9.17) is 4.84 Å². The Labute approximate surface area is 182 Å². The third-order valence-electron chi connectivity index (χ3n) is 4.27.